The summed E-state index contributed by atoms with van der Waals surface area (Å²) < 4.78 is 9.98. The molecule has 0 rings (SSSR count). The highest BCUT2D eigenvalue weighted by atomic mass is 16.5. The summed E-state index contributed by atoms with van der Waals surface area (Å²) in [4.78, 5) is 13.7. The second-order valence-corrected chi connectivity index (χ2v) is 5.01. The van der Waals surface area contributed by atoms with Gasteiger partial charge < -0.3 is 14.4 Å². The van der Waals surface area contributed by atoms with Crippen LogP contribution in [-0.4, -0.2) is 51.3 Å². The predicted octanol–water partition coefficient (Wildman–Crippen LogP) is 1.71. The van der Waals surface area contributed by atoms with E-state index in [1.54, 1.807) is 25.2 Å². The molecule has 0 fully saturated rings. The third-order valence-corrected chi connectivity index (χ3v) is 2.17. The number of methoxy groups -OCH3 is 2. The highest BCUT2D eigenvalue weighted by Gasteiger charge is 2.11. The Hall–Kier alpha value is -0.870. The van der Waals surface area contributed by atoms with Gasteiger partial charge in [0.15, 0.2) is 0 Å². The number of carbonyl (C=O) groups excluding carboxylic acids is 1. The molecule has 0 atom stereocenters. The normalized spacial score (nSPS) is 12.1. The van der Waals surface area contributed by atoms with Crippen molar-refractivity contribution in [2.24, 2.45) is 5.41 Å². The number of nitrogens with zero attached hydrogens (tertiary/aromatic N) is 1. The molecule has 0 aliphatic heterocycles. The van der Waals surface area contributed by atoms with E-state index in [0.29, 0.717) is 26.3 Å². The molecule has 4 heteroatoms. The number of ether oxygens (including phenoxy) is 2. The van der Waals surface area contributed by atoms with Gasteiger partial charge >= 0.3 is 0 Å². The van der Waals surface area contributed by atoms with E-state index in [4.69, 9.17) is 9.47 Å². The first kappa shape index (κ1) is 16.1. The zero-order chi connectivity index (χ0) is 13.3. The van der Waals surface area contributed by atoms with Crippen molar-refractivity contribution in [1.82, 2.24) is 4.90 Å². The minimum atomic E-state index is 0.00836. The minimum Gasteiger partial charge on any atom is -0.383 e. The molecule has 0 bridgehead atoms. The van der Waals surface area contributed by atoms with Crippen LogP contribution in [0, 0.1) is 5.41 Å². The zero-order valence-electron chi connectivity index (χ0n) is 11.7. The standard InChI is InChI=1S/C13H25NO3/c1-13(2,3)7-6-12(15)14(8-10-16-4)9-11-17-5/h6-7H,8-11H2,1-5H3/b7-6+. The molecule has 0 heterocycles. The third-order valence-electron chi connectivity index (χ3n) is 2.17. The van der Waals surface area contributed by atoms with Gasteiger partial charge in [0.25, 0.3) is 0 Å². The maximum atomic E-state index is 11.9. The summed E-state index contributed by atoms with van der Waals surface area (Å²) in [5.41, 5.74) is 0.0177. The largest absolute Gasteiger partial charge is 0.383 e. The van der Waals surface area contributed by atoms with Crippen LogP contribution in [0.25, 0.3) is 0 Å². The van der Waals surface area contributed by atoms with E-state index in [2.05, 4.69) is 20.8 Å². The van der Waals surface area contributed by atoms with Gasteiger partial charge in [-0.2, -0.15) is 0 Å². The number of hydrogen-bond donors (Lipinski definition) is 0. The van der Waals surface area contributed by atoms with Gasteiger partial charge in [-0.3, -0.25) is 4.79 Å². The Morgan fingerprint density at radius 3 is 1.94 bits per heavy atom. The summed E-state index contributed by atoms with van der Waals surface area (Å²) in [6.45, 7) is 8.44. The maximum absolute atomic E-state index is 11.9. The molecule has 0 radical (unpaired) electrons. The molecule has 0 N–H and O–H groups in total. The smallest absolute Gasteiger partial charge is 0.246 e. The summed E-state index contributed by atoms with van der Waals surface area (Å²) in [6.07, 6.45) is 3.55. The van der Waals surface area contributed by atoms with Crippen LogP contribution in [0.3, 0.4) is 0 Å². The molecule has 17 heavy (non-hydrogen) atoms. The van der Waals surface area contributed by atoms with E-state index in [1.165, 1.54) is 0 Å². The predicted molar refractivity (Wildman–Crippen MR) is 68.9 cm³/mol. The van der Waals surface area contributed by atoms with Crippen LogP contribution >= 0.6 is 0 Å². The van der Waals surface area contributed by atoms with E-state index >= 15 is 0 Å². The van der Waals surface area contributed by atoms with Crippen molar-refractivity contribution < 1.29 is 14.3 Å². The average molecular weight is 243 g/mol. The quantitative estimate of drug-likeness (QED) is 0.639. The van der Waals surface area contributed by atoms with Crippen LogP contribution in [0.2, 0.25) is 0 Å². The van der Waals surface area contributed by atoms with E-state index in [-0.39, 0.29) is 11.3 Å². The Kier molecular flexibility index (Phi) is 7.83. The van der Waals surface area contributed by atoms with Crippen molar-refractivity contribution in [3.05, 3.63) is 12.2 Å². The van der Waals surface area contributed by atoms with Crippen LogP contribution in [0.15, 0.2) is 12.2 Å². The Labute approximate surface area is 105 Å². The lowest BCUT2D eigenvalue weighted by molar-refractivity contribution is -0.127. The molecule has 1 amide bonds. The molecule has 0 aliphatic carbocycles. The van der Waals surface area contributed by atoms with Crippen molar-refractivity contribution in [3.8, 4) is 0 Å². The molecule has 0 saturated heterocycles. The molecule has 0 aromatic carbocycles. The second-order valence-electron chi connectivity index (χ2n) is 5.01. The van der Waals surface area contributed by atoms with Gasteiger partial charge in [0, 0.05) is 27.3 Å². The topological polar surface area (TPSA) is 38.8 Å². The van der Waals surface area contributed by atoms with Crippen molar-refractivity contribution in [2.45, 2.75) is 20.8 Å². The van der Waals surface area contributed by atoms with Crippen molar-refractivity contribution >= 4 is 5.91 Å². The van der Waals surface area contributed by atoms with E-state index in [0.717, 1.165) is 0 Å². The summed E-state index contributed by atoms with van der Waals surface area (Å²) in [7, 11) is 3.26. The summed E-state index contributed by atoms with van der Waals surface area (Å²) in [5, 5.41) is 0. The maximum Gasteiger partial charge on any atom is 0.246 e. The van der Waals surface area contributed by atoms with Gasteiger partial charge in [-0.1, -0.05) is 26.8 Å². The molecule has 0 unspecified atom stereocenters. The summed E-state index contributed by atoms with van der Waals surface area (Å²) >= 11 is 0. The van der Waals surface area contributed by atoms with E-state index < -0.39 is 0 Å². The van der Waals surface area contributed by atoms with Gasteiger partial charge in [-0.15, -0.1) is 0 Å². The molecule has 0 aliphatic rings. The Morgan fingerprint density at radius 2 is 1.59 bits per heavy atom. The summed E-state index contributed by atoms with van der Waals surface area (Å²) in [6, 6.07) is 0. The number of amides is 1. The molecule has 0 aromatic heterocycles. The number of rotatable bonds is 7. The molecule has 0 spiro atoms. The molecule has 4 nitrogen and oxygen atoms in total. The van der Waals surface area contributed by atoms with Crippen LogP contribution in [0.1, 0.15) is 20.8 Å². The second kappa shape index (κ2) is 8.25. The van der Waals surface area contributed by atoms with Gasteiger partial charge in [0.05, 0.1) is 13.2 Å². The highest BCUT2D eigenvalue weighted by molar-refractivity contribution is 5.87. The Morgan fingerprint density at radius 1 is 1.12 bits per heavy atom. The van der Waals surface area contributed by atoms with Crippen molar-refractivity contribution in [2.75, 3.05) is 40.5 Å². The first-order valence-corrected chi connectivity index (χ1v) is 5.86. The fourth-order valence-corrected chi connectivity index (χ4v) is 1.16. The molecule has 0 saturated carbocycles. The Bertz CT molecular complexity index is 236. The lowest BCUT2D eigenvalue weighted by Crippen LogP contribution is -2.35. The fourth-order valence-electron chi connectivity index (χ4n) is 1.16. The minimum absolute atomic E-state index is 0.00836. The third kappa shape index (κ3) is 8.89. The molecule has 0 aromatic rings. The lowest BCUT2D eigenvalue weighted by atomic mass is 9.96. The Balaban J connectivity index is 4.35. The molecular formula is C13H25NO3. The first-order valence-electron chi connectivity index (χ1n) is 5.86. The van der Waals surface area contributed by atoms with Gasteiger partial charge in [-0.25, -0.2) is 0 Å². The van der Waals surface area contributed by atoms with Gasteiger partial charge in [-0.05, 0) is 11.5 Å². The van der Waals surface area contributed by atoms with Crippen molar-refractivity contribution in [3.63, 3.8) is 0 Å². The first-order chi connectivity index (χ1) is 7.90. The van der Waals surface area contributed by atoms with Crippen LogP contribution in [0.5, 0.6) is 0 Å². The van der Waals surface area contributed by atoms with E-state index in [1.807, 2.05) is 6.08 Å². The van der Waals surface area contributed by atoms with Crippen LogP contribution < -0.4 is 0 Å². The van der Waals surface area contributed by atoms with Crippen molar-refractivity contribution in [1.29, 1.82) is 0 Å². The number of allylic oxidation sites excluding steroid dienone is 1. The lowest BCUT2D eigenvalue weighted by Gasteiger charge is -2.21. The average Bonchev–Trinajstić information content (AvgIpc) is 2.25. The fraction of sp³-hybridized carbons (Fsp3) is 0.769. The highest BCUT2D eigenvalue weighted by Crippen LogP contribution is 2.14. The zero-order valence-corrected chi connectivity index (χ0v) is 11.7. The SMILES string of the molecule is COCCN(CCOC)C(=O)/C=C/C(C)(C)C. The molecule has 100 valence electrons. The van der Waals surface area contributed by atoms with Crippen LogP contribution in [0.4, 0.5) is 0 Å². The monoisotopic (exact) mass is 243 g/mol. The van der Waals surface area contributed by atoms with Gasteiger partial charge in [0.2, 0.25) is 5.91 Å². The molecular weight excluding hydrogens is 218 g/mol. The van der Waals surface area contributed by atoms with Gasteiger partial charge in [0.1, 0.15) is 0 Å². The number of hydrogen-bond acceptors (Lipinski definition) is 3. The number of carbonyl (C=O) groups is 1. The van der Waals surface area contributed by atoms with Crippen LogP contribution in [-0.2, 0) is 14.3 Å². The summed E-state index contributed by atoms with van der Waals surface area (Å²) in [5.74, 6) is 0.00836. The van der Waals surface area contributed by atoms with E-state index in [9.17, 15) is 4.79 Å².